The molecule has 354 valence electrons. The van der Waals surface area contributed by atoms with Crippen molar-refractivity contribution in [3.05, 3.63) is 178 Å². The first-order valence-electron chi connectivity index (χ1n) is 22.1. The third-order valence-electron chi connectivity index (χ3n) is 11.2. The van der Waals surface area contributed by atoms with Gasteiger partial charge in [-0.3, -0.25) is 29.3 Å². The molecule has 0 radical (unpaired) electrons. The van der Waals surface area contributed by atoms with Crippen LogP contribution in [0.4, 0.5) is 16.2 Å². The summed E-state index contributed by atoms with van der Waals surface area (Å²) in [5, 5.41) is 38.8. The molecule has 8 N–H and O–H groups in total. The fourth-order valence-corrected chi connectivity index (χ4v) is 8.28. The van der Waals surface area contributed by atoms with E-state index in [1.807, 2.05) is 54.6 Å². The van der Waals surface area contributed by atoms with Crippen molar-refractivity contribution >= 4 is 64.3 Å². The molecular formula is C52H50N6O10S. The molecule has 2 aliphatic rings. The van der Waals surface area contributed by atoms with Crippen molar-refractivity contribution in [1.29, 1.82) is 0 Å². The molecule has 0 saturated carbocycles. The predicted octanol–water partition coefficient (Wildman–Crippen LogP) is 5.16. The van der Waals surface area contributed by atoms with Crippen LogP contribution in [0.2, 0.25) is 0 Å². The Morgan fingerprint density at radius 1 is 0.580 bits per heavy atom. The SMILES string of the molecule is O=C1C[C@@H](O)C(=O)Nc2ccc(cc2)C[C@@H](C(=O)O)NC(=O)[C@@H](Cc2ccccc2)NC(=O)[C@H](Cc2ccc(-c3ccc(NC(=O)OCc4ccccc4)cc3)cc2)NC(=O)[C@@H](Cc2cccs2)N1. The van der Waals surface area contributed by atoms with Crippen molar-refractivity contribution in [1.82, 2.24) is 21.3 Å². The Labute approximate surface area is 401 Å². The average Bonchev–Trinajstić information content (AvgIpc) is 3.87. The number of ether oxygens (including phenoxy) is 1. The number of amides is 6. The Balaban J connectivity index is 1.15. The number of fused-ring (bicyclic) bond motifs is 18. The van der Waals surface area contributed by atoms with Crippen molar-refractivity contribution in [2.24, 2.45) is 0 Å². The highest BCUT2D eigenvalue weighted by Crippen LogP contribution is 2.23. The summed E-state index contributed by atoms with van der Waals surface area (Å²) >= 11 is 1.34. The average molecular weight is 951 g/mol. The van der Waals surface area contributed by atoms with E-state index in [9.17, 15) is 43.8 Å². The zero-order valence-corrected chi connectivity index (χ0v) is 37.9. The molecule has 0 fully saturated rings. The zero-order valence-electron chi connectivity index (χ0n) is 37.1. The van der Waals surface area contributed by atoms with Crippen molar-refractivity contribution < 1.29 is 48.5 Å². The van der Waals surface area contributed by atoms with Gasteiger partial charge in [0, 0.05) is 41.9 Å². The number of hydrogen-bond acceptors (Lipinski definition) is 10. The predicted molar refractivity (Wildman–Crippen MR) is 259 cm³/mol. The van der Waals surface area contributed by atoms with Crippen LogP contribution in [0.25, 0.3) is 11.1 Å². The van der Waals surface area contributed by atoms with Gasteiger partial charge in [-0.15, -0.1) is 11.3 Å². The van der Waals surface area contributed by atoms with Crippen LogP contribution in [-0.2, 0) is 65.8 Å². The second kappa shape index (κ2) is 23.5. The quantitative estimate of drug-likeness (QED) is 0.0794. The Bertz CT molecular complexity index is 2720. The maximum atomic E-state index is 14.6. The van der Waals surface area contributed by atoms with Gasteiger partial charge in [0.15, 0.2) is 0 Å². The first kappa shape index (κ1) is 48.8. The molecule has 2 bridgehead atoms. The van der Waals surface area contributed by atoms with E-state index in [2.05, 4.69) is 31.9 Å². The molecule has 0 unspecified atom stereocenters. The van der Waals surface area contributed by atoms with Crippen LogP contribution in [0.3, 0.4) is 0 Å². The number of rotatable bonds is 11. The van der Waals surface area contributed by atoms with Gasteiger partial charge in [0.2, 0.25) is 23.6 Å². The lowest BCUT2D eigenvalue weighted by Gasteiger charge is -2.26. The Morgan fingerprint density at radius 3 is 1.71 bits per heavy atom. The third-order valence-corrected chi connectivity index (χ3v) is 12.1. The molecule has 6 amide bonds. The van der Waals surface area contributed by atoms with Crippen molar-refractivity contribution in [2.75, 3.05) is 10.6 Å². The van der Waals surface area contributed by atoms with E-state index in [1.165, 1.54) is 23.5 Å². The fourth-order valence-electron chi connectivity index (χ4n) is 7.52. The van der Waals surface area contributed by atoms with Crippen LogP contribution in [0.15, 0.2) is 151 Å². The van der Waals surface area contributed by atoms with Crippen molar-refractivity contribution in [2.45, 2.75) is 69.0 Å². The maximum Gasteiger partial charge on any atom is 0.411 e. The van der Waals surface area contributed by atoms with Gasteiger partial charge < -0.3 is 41.5 Å². The van der Waals surface area contributed by atoms with E-state index in [0.717, 1.165) is 21.6 Å². The summed E-state index contributed by atoms with van der Waals surface area (Å²) < 4.78 is 5.33. The molecule has 1 aromatic heterocycles. The number of carbonyl (C=O) groups excluding carboxylic acids is 6. The van der Waals surface area contributed by atoms with Gasteiger partial charge in [-0.2, -0.15) is 0 Å². The summed E-state index contributed by atoms with van der Waals surface area (Å²) in [5.74, 6) is -5.34. The van der Waals surface area contributed by atoms with Gasteiger partial charge >= 0.3 is 12.1 Å². The van der Waals surface area contributed by atoms with Crippen LogP contribution in [0, 0.1) is 0 Å². The highest BCUT2D eigenvalue weighted by atomic mass is 32.1. The number of aliphatic carboxylic acids is 1. The number of anilines is 2. The van der Waals surface area contributed by atoms with Gasteiger partial charge in [0.25, 0.3) is 5.91 Å². The molecule has 3 heterocycles. The molecule has 8 rings (SSSR count). The lowest BCUT2D eigenvalue weighted by Crippen LogP contribution is -2.59. The summed E-state index contributed by atoms with van der Waals surface area (Å²) in [6.07, 6.45) is -3.37. The van der Waals surface area contributed by atoms with Crippen LogP contribution < -0.4 is 31.9 Å². The molecule has 16 nitrogen and oxygen atoms in total. The molecule has 0 aliphatic carbocycles. The van der Waals surface area contributed by atoms with E-state index in [1.54, 1.807) is 84.2 Å². The molecule has 5 atom stereocenters. The number of carbonyl (C=O) groups is 7. The van der Waals surface area contributed by atoms with E-state index in [0.29, 0.717) is 22.4 Å². The lowest BCUT2D eigenvalue weighted by atomic mass is 9.98. The highest BCUT2D eigenvalue weighted by molar-refractivity contribution is 7.09. The van der Waals surface area contributed by atoms with Crippen LogP contribution in [0.1, 0.15) is 33.6 Å². The molecule has 69 heavy (non-hydrogen) atoms. The molecule has 5 aromatic carbocycles. The first-order valence-corrected chi connectivity index (χ1v) is 23.0. The van der Waals surface area contributed by atoms with Gasteiger partial charge in [-0.25, -0.2) is 9.59 Å². The normalized spacial score (nSPS) is 19.4. The van der Waals surface area contributed by atoms with E-state index >= 15 is 0 Å². The zero-order chi connectivity index (χ0) is 48.7. The number of hydrogen-bond donors (Lipinski definition) is 8. The third kappa shape index (κ3) is 14.4. The molecule has 17 heteroatoms. The maximum absolute atomic E-state index is 14.6. The van der Waals surface area contributed by atoms with E-state index in [4.69, 9.17) is 4.74 Å². The van der Waals surface area contributed by atoms with Gasteiger partial charge in [0.05, 0.1) is 6.42 Å². The van der Waals surface area contributed by atoms with Crippen LogP contribution in [0.5, 0.6) is 0 Å². The second-order valence-electron chi connectivity index (χ2n) is 16.4. The molecule has 2 aliphatic heterocycles. The highest BCUT2D eigenvalue weighted by Gasteiger charge is 2.33. The topological polar surface area (TPSA) is 241 Å². The minimum absolute atomic E-state index is 0.00567. The standard InChI is InChI=1S/C52H50N6O10S/c59-45-30-46(60)55-43(29-40-12-7-25-69-40)49(63)57-42(27-33-13-17-36(18-14-33)37-19-23-39(24-20-37)54-52(67)68-31-35-10-5-2-6-11-35)47(61)56-41(26-32-8-3-1-4-9-32)48(62)58-44(51(65)66)28-34-15-21-38(22-16-34)53-50(45)64/h1-25,41-45,59H,26-31H2,(H,53,64)(H,54,67)(H,55,60)(H,56,61)(H,57,63)(H,58,62)(H,65,66)/t41-,42+,43-,44+,45-/m1/s1. The Hall–Kier alpha value is -8.15. The first-order chi connectivity index (χ1) is 33.3. The fraction of sp³-hybridized carbons (Fsp3) is 0.212. The molecule has 0 spiro atoms. The second-order valence-corrected chi connectivity index (χ2v) is 17.4. The number of nitrogens with one attached hydrogen (secondary N) is 6. The summed E-state index contributed by atoms with van der Waals surface area (Å²) in [7, 11) is 0. The number of aliphatic hydroxyl groups excluding tert-OH is 1. The summed E-state index contributed by atoms with van der Waals surface area (Å²) in [6, 6.07) is 36.7. The summed E-state index contributed by atoms with van der Waals surface area (Å²) in [6.45, 7) is 0.119. The monoisotopic (exact) mass is 950 g/mol. The minimum Gasteiger partial charge on any atom is -0.480 e. The minimum atomic E-state index is -1.80. The number of thiophene rings is 1. The van der Waals surface area contributed by atoms with Gasteiger partial charge in [0.1, 0.15) is 36.9 Å². The summed E-state index contributed by atoms with van der Waals surface area (Å²) in [4.78, 5) is 95.1. The van der Waals surface area contributed by atoms with Crippen LogP contribution >= 0.6 is 11.3 Å². The summed E-state index contributed by atoms with van der Waals surface area (Å²) in [5.41, 5.74) is 5.02. The molecule has 6 aromatic rings. The smallest absolute Gasteiger partial charge is 0.411 e. The van der Waals surface area contributed by atoms with E-state index in [-0.39, 0.29) is 38.0 Å². The van der Waals surface area contributed by atoms with Gasteiger partial charge in [-0.1, -0.05) is 115 Å². The number of benzene rings is 5. The van der Waals surface area contributed by atoms with Crippen molar-refractivity contribution in [3.8, 4) is 11.1 Å². The number of carboxylic acid groups (broad SMARTS) is 1. The largest absolute Gasteiger partial charge is 0.480 e. The molecular weight excluding hydrogens is 901 g/mol. The lowest BCUT2D eigenvalue weighted by molar-refractivity contribution is -0.142. The number of carboxylic acids is 1. The Morgan fingerprint density at radius 2 is 1.13 bits per heavy atom. The number of aliphatic hydroxyl groups is 1. The molecule has 0 saturated heterocycles. The van der Waals surface area contributed by atoms with Crippen LogP contribution in [-0.4, -0.2) is 82.1 Å². The van der Waals surface area contributed by atoms with Gasteiger partial charge in [-0.05, 0) is 69.1 Å². The van der Waals surface area contributed by atoms with E-state index < -0.39 is 78.3 Å². The van der Waals surface area contributed by atoms with Crippen molar-refractivity contribution in [3.63, 3.8) is 0 Å². The Kier molecular flexibility index (Phi) is 16.6.